The Labute approximate surface area is 153 Å². The summed E-state index contributed by atoms with van der Waals surface area (Å²) >= 11 is 0. The van der Waals surface area contributed by atoms with Crippen LogP contribution in [0.1, 0.15) is 43.0 Å². The first kappa shape index (κ1) is 21.8. The van der Waals surface area contributed by atoms with Crippen molar-refractivity contribution in [1.82, 2.24) is 4.72 Å². The van der Waals surface area contributed by atoms with E-state index >= 15 is 0 Å². The molecule has 1 aromatic carbocycles. The molecule has 3 N–H and O–H groups in total. The van der Waals surface area contributed by atoms with E-state index in [9.17, 15) is 17.6 Å². The van der Waals surface area contributed by atoms with Gasteiger partial charge in [0.2, 0.25) is 10.0 Å². The highest BCUT2D eigenvalue weighted by Gasteiger charge is 2.29. The summed E-state index contributed by atoms with van der Waals surface area (Å²) in [6.07, 6.45) is 3.94. The number of esters is 1. The van der Waals surface area contributed by atoms with Crippen LogP contribution in [0.4, 0.5) is 4.39 Å². The maximum atomic E-state index is 13.8. The molecule has 142 valence electrons. The van der Waals surface area contributed by atoms with Gasteiger partial charge >= 0.3 is 5.97 Å². The quantitative estimate of drug-likeness (QED) is 0.691. The lowest BCUT2D eigenvalue weighted by atomic mass is 9.99. The van der Waals surface area contributed by atoms with Gasteiger partial charge in [-0.15, -0.1) is 12.4 Å². The second-order valence-electron chi connectivity index (χ2n) is 5.90. The highest BCUT2D eigenvalue weighted by atomic mass is 35.5. The lowest BCUT2D eigenvalue weighted by molar-refractivity contribution is 0.0525. The Kier molecular flexibility index (Phi) is 8.27. The van der Waals surface area contributed by atoms with Crippen LogP contribution in [0.3, 0.4) is 0 Å². The van der Waals surface area contributed by atoms with Crippen molar-refractivity contribution in [3.63, 3.8) is 0 Å². The van der Waals surface area contributed by atoms with Gasteiger partial charge in [0.15, 0.2) is 0 Å². The smallest absolute Gasteiger partial charge is 0.338 e. The summed E-state index contributed by atoms with van der Waals surface area (Å²) in [5.74, 6) is -1.39. The van der Waals surface area contributed by atoms with Gasteiger partial charge in [0.1, 0.15) is 5.82 Å². The Morgan fingerprint density at radius 1 is 1.36 bits per heavy atom. The Hall–Kier alpha value is -1.22. The lowest BCUT2D eigenvalue weighted by Crippen LogP contribution is -2.44. The number of rotatable bonds is 7. The van der Waals surface area contributed by atoms with E-state index in [0.29, 0.717) is 0 Å². The van der Waals surface area contributed by atoms with Crippen LogP contribution in [-0.2, 0) is 14.8 Å². The summed E-state index contributed by atoms with van der Waals surface area (Å²) < 4.78 is 46.2. The molecule has 6 nitrogen and oxygen atoms in total. The van der Waals surface area contributed by atoms with Crippen LogP contribution in [0, 0.1) is 11.7 Å². The molecule has 1 aliphatic rings. The Morgan fingerprint density at radius 2 is 2.00 bits per heavy atom. The van der Waals surface area contributed by atoms with Crippen LogP contribution in [-0.4, -0.2) is 33.6 Å². The van der Waals surface area contributed by atoms with Gasteiger partial charge in [0, 0.05) is 12.6 Å². The van der Waals surface area contributed by atoms with E-state index in [1.54, 1.807) is 6.92 Å². The molecule has 1 aromatic rings. The molecule has 2 rings (SSSR count). The molecule has 25 heavy (non-hydrogen) atoms. The molecule has 9 heteroatoms. The fourth-order valence-electron chi connectivity index (χ4n) is 3.01. The van der Waals surface area contributed by atoms with Crippen LogP contribution >= 0.6 is 12.4 Å². The van der Waals surface area contributed by atoms with Crippen molar-refractivity contribution in [2.45, 2.75) is 43.5 Å². The molecule has 1 unspecified atom stereocenters. The monoisotopic (exact) mass is 394 g/mol. The zero-order valence-corrected chi connectivity index (χ0v) is 15.7. The third kappa shape index (κ3) is 5.64. The molecule has 0 amide bonds. The predicted octanol–water partition coefficient (Wildman–Crippen LogP) is 2.22. The number of nitrogens with two attached hydrogens (primary N) is 1. The molecule has 0 bridgehead atoms. The molecule has 0 radical (unpaired) electrons. The number of hydrogen-bond acceptors (Lipinski definition) is 5. The molecule has 0 aliphatic heterocycles. The molecule has 1 saturated carbocycles. The van der Waals surface area contributed by atoms with Gasteiger partial charge in [-0.2, -0.15) is 0 Å². The largest absolute Gasteiger partial charge is 0.462 e. The second kappa shape index (κ2) is 9.47. The molecule has 1 fully saturated rings. The Morgan fingerprint density at radius 3 is 2.56 bits per heavy atom. The molecule has 1 atom stereocenters. The van der Waals surface area contributed by atoms with Crippen molar-refractivity contribution in [2.24, 2.45) is 11.7 Å². The normalized spacial score (nSPS) is 16.3. The van der Waals surface area contributed by atoms with E-state index < -0.39 is 27.9 Å². The van der Waals surface area contributed by atoms with Crippen LogP contribution < -0.4 is 10.5 Å². The number of carbonyl (C=O) groups is 1. The highest BCUT2D eigenvalue weighted by molar-refractivity contribution is 7.89. The minimum absolute atomic E-state index is 0. The van der Waals surface area contributed by atoms with Crippen LogP contribution in [0.25, 0.3) is 0 Å². The van der Waals surface area contributed by atoms with Gasteiger partial charge in [-0.25, -0.2) is 22.3 Å². The topological polar surface area (TPSA) is 98.5 Å². The minimum atomic E-state index is -3.98. The first-order valence-corrected chi connectivity index (χ1v) is 9.55. The number of nitrogens with one attached hydrogen (secondary N) is 1. The maximum absolute atomic E-state index is 13.8. The third-order valence-corrected chi connectivity index (χ3v) is 5.69. The first-order valence-electron chi connectivity index (χ1n) is 8.07. The second-order valence-corrected chi connectivity index (χ2v) is 7.62. The van der Waals surface area contributed by atoms with E-state index in [-0.39, 0.29) is 41.9 Å². The van der Waals surface area contributed by atoms with E-state index in [2.05, 4.69) is 4.72 Å². The Balaban J connectivity index is 0.00000312. The number of hydrogen-bond donors (Lipinski definition) is 2. The highest BCUT2D eigenvalue weighted by Crippen LogP contribution is 2.28. The third-order valence-electron chi connectivity index (χ3n) is 4.22. The molecule has 0 heterocycles. The molecule has 0 saturated heterocycles. The van der Waals surface area contributed by atoms with E-state index in [1.807, 2.05) is 0 Å². The van der Waals surface area contributed by atoms with Crippen molar-refractivity contribution in [2.75, 3.05) is 13.2 Å². The molecule has 0 aromatic heterocycles. The summed E-state index contributed by atoms with van der Waals surface area (Å²) in [5, 5.41) is 0. The predicted molar refractivity (Wildman–Crippen MR) is 94.7 cm³/mol. The van der Waals surface area contributed by atoms with Gasteiger partial charge in [-0.3, -0.25) is 0 Å². The first-order chi connectivity index (χ1) is 11.4. The molecule has 0 spiro atoms. The van der Waals surface area contributed by atoms with Crippen molar-refractivity contribution >= 4 is 28.4 Å². The van der Waals surface area contributed by atoms with E-state index in [1.165, 1.54) is 0 Å². The summed E-state index contributed by atoms with van der Waals surface area (Å²) in [4.78, 5) is 11.4. The standard InChI is InChI=1S/C16H23FN2O4S.ClH/c1-2-23-16(20)12-7-13(17)9-14(8-12)24(21,22)19-15(10-18)11-5-3-4-6-11;/h7-9,11,15,19H,2-6,10,18H2,1H3;1H. The van der Waals surface area contributed by atoms with Gasteiger partial charge in [0.05, 0.1) is 17.1 Å². The summed E-state index contributed by atoms with van der Waals surface area (Å²) in [6, 6.07) is 2.56. The van der Waals surface area contributed by atoms with E-state index in [0.717, 1.165) is 43.9 Å². The fraction of sp³-hybridized carbons (Fsp3) is 0.562. The van der Waals surface area contributed by atoms with Gasteiger partial charge in [-0.05, 0) is 43.9 Å². The van der Waals surface area contributed by atoms with E-state index in [4.69, 9.17) is 10.5 Å². The van der Waals surface area contributed by atoms with Crippen LogP contribution in [0.2, 0.25) is 0 Å². The summed E-state index contributed by atoms with van der Waals surface area (Å²) in [5.41, 5.74) is 5.57. The average Bonchev–Trinajstić information content (AvgIpc) is 3.06. The number of halogens is 2. The lowest BCUT2D eigenvalue weighted by Gasteiger charge is -2.23. The molecular weight excluding hydrogens is 371 g/mol. The summed E-state index contributed by atoms with van der Waals surface area (Å²) in [7, 11) is -3.98. The fourth-order valence-corrected chi connectivity index (χ4v) is 4.39. The van der Waals surface area contributed by atoms with Crippen molar-refractivity contribution in [3.05, 3.63) is 29.6 Å². The number of sulfonamides is 1. The van der Waals surface area contributed by atoms with Crippen molar-refractivity contribution in [1.29, 1.82) is 0 Å². The van der Waals surface area contributed by atoms with Crippen molar-refractivity contribution < 1.29 is 22.3 Å². The van der Waals surface area contributed by atoms with Gasteiger partial charge < -0.3 is 10.5 Å². The molecule has 1 aliphatic carbocycles. The number of carbonyl (C=O) groups excluding carboxylic acids is 1. The van der Waals surface area contributed by atoms with Crippen molar-refractivity contribution in [3.8, 4) is 0 Å². The molecular formula is C16H24ClFN2O4S. The zero-order valence-electron chi connectivity index (χ0n) is 14.0. The Bertz CT molecular complexity index is 693. The number of ether oxygens (including phenoxy) is 1. The maximum Gasteiger partial charge on any atom is 0.338 e. The zero-order chi connectivity index (χ0) is 17.7. The van der Waals surface area contributed by atoms with Crippen LogP contribution in [0.5, 0.6) is 0 Å². The van der Waals surface area contributed by atoms with Crippen LogP contribution in [0.15, 0.2) is 23.1 Å². The average molecular weight is 395 g/mol. The number of benzene rings is 1. The summed E-state index contributed by atoms with van der Waals surface area (Å²) in [6.45, 7) is 1.90. The minimum Gasteiger partial charge on any atom is -0.462 e. The van der Waals surface area contributed by atoms with Gasteiger partial charge in [-0.1, -0.05) is 12.8 Å². The van der Waals surface area contributed by atoms with Gasteiger partial charge in [0.25, 0.3) is 0 Å². The SMILES string of the molecule is CCOC(=O)c1cc(F)cc(S(=O)(=O)NC(CN)C2CCCC2)c1.Cl.